The average molecular weight is 256 g/mol. The van der Waals surface area contributed by atoms with Gasteiger partial charge in [0, 0.05) is 22.7 Å². The fourth-order valence-corrected chi connectivity index (χ4v) is 2.59. The van der Waals surface area contributed by atoms with Gasteiger partial charge in [0.15, 0.2) is 0 Å². The summed E-state index contributed by atoms with van der Waals surface area (Å²) in [7, 11) is -1.05. The van der Waals surface area contributed by atoms with Gasteiger partial charge in [-0.3, -0.25) is 4.21 Å². The molecule has 0 aliphatic carbocycles. The smallest absolute Gasteiger partial charge is 0.339 e. The number of rotatable bonds is 7. The van der Waals surface area contributed by atoms with Gasteiger partial charge in [-0.25, -0.2) is 14.8 Å². The molecule has 0 spiro atoms. The van der Waals surface area contributed by atoms with E-state index in [1.54, 1.807) is 0 Å². The molecule has 1 rings (SSSR count). The van der Waals surface area contributed by atoms with Crippen molar-refractivity contribution in [1.29, 1.82) is 0 Å². The number of aromatic carboxylic acids is 1. The third kappa shape index (κ3) is 4.60. The topological polar surface area (TPSA) is 80.2 Å². The Bertz CT molecular complexity index is 409. The summed E-state index contributed by atoms with van der Waals surface area (Å²) in [5.74, 6) is -0.295. The molecule has 0 bridgehead atoms. The van der Waals surface area contributed by atoms with E-state index in [1.165, 1.54) is 12.5 Å². The lowest BCUT2D eigenvalue weighted by molar-refractivity contribution is 0.0695. The van der Waals surface area contributed by atoms with Crippen molar-refractivity contribution in [2.75, 3.05) is 5.75 Å². The molecule has 0 fully saturated rings. The van der Waals surface area contributed by atoms with E-state index < -0.39 is 16.8 Å². The first-order chi connectivity index (χ1) is 8.15. The molecule has 5 nitrogen and oxygen atoms in total. The van der Waals surface area contributed by atoms with Gasteiger partial charge in [0.1, 0.15) is 11.9 Å². The second-order valence-corrected chi connectivity index (χ2v) is 5.26. The number of nitrogens with zero attached hydrogens (tertiary/aromatic N) is 2. The third-order valence-electron chi connectivity index (χ3n) is 2.30. The molecule has 0 amide bonds. The Balaban J connectivity index is 2.61. The van der Waals surface area contributed by atoms with Gasteiger partial charge in [-0.05, 0) is 6.42 Å². The highest BCUT2D eigenvalue weighted by molar-refractivity contribution is 7.84. The zero-order chi connectivity index (χ0) is 12.7. The Morgan fingerprint density at radius 2 is 2.24 bits per heavy atom. The van der Waals surface area contributed by atoms with Crippen LogP contribution in [-0.2, 0) is 16.6 Å². The minimum atomic E-state index is -1.08. The van der Waals surface area contributed by atoms with Crippen LogP contribution < -0.4 is 0 Å². The van der Waals surface area contributed by atoms with E-state index in [4.69, 9.17) is 5.11 Å². The quantitative estimate of drug-likeness (QED) is 0.750. The van der Waals surface area contributed by atoms with Gasteiger partial charge in [-0.2, -0.15) is 0 Å². The van der Waals surface area contributed by atoms with Crippen LogP contribution in [0.4, 0.5) is 0 Å². The Hall–Kier alpha value is -1.30. The lowest BCUT2D eigenvalue weighted by Crippen LogP contribution is -2.09. The van der Waals surface area contributed by atoms with Gasteiger partial charge in [-0.15, -0.1) is 0 Å². The van der Waals surface area contributed by atoms with Crippen LogP contribution in [0.25, 0.3) is 0 Å². The highest BCUT2D eigenvalue weighted by Gasteiger charge is 2.13. The standard InChI is InChI=1S/C11H16N2O3S/c1-2-3-4-5-17(16)7-10-9(11(14)15)6-12-8-13-10/h6,8H,2-5,7H2,1H3,(H,14,15). The maximum atomic E-state index is 11.7. The van der Waals surface area contributed by atoms with Crippen LogP contribution >= 0.6 is 0 Å². The minimum absolute atomic E-state index is 0.0383. The monoisotopic (exact) mass is 256 g/mol. The van der Waals surface area contributed by atoms with Crippen molar-refractivity contribution in [3.63, 3.8) is 0 Å². The van der Waals surface area contributed by atoms with Crippen LogP contribution in [0.3, 0.4) is 0 Å². The molecule has 17 heavy (non-hydrogen) atoms. The van der Waals surface area contributed by atoms with Gasteiger partial charge >= 0.3 is 5.97 Å². The van der Waals surface area contributed by atoms with Crippen LogP contribution in [0.1, 0.15) is 42.2 Å². The van der Waals surface area contributed by atoms with E-state index >= 15 is 0 Å². The normalized spacial score (nSPS) is 12.3. The number of hydrogen-bond acceptors (Lipinski definition) is 4. The van der Waals surface area contributed by atoms with Crippen molar-refractivity contribution < 1.29 is 14.1 Å². The van der Waals surface area contributed by atoms with Crippen molar-refractivity contribution in [3.8, 4) is 0 Å². The first-order valence-corrected chi connectivity index (χ1v) is 7.01. The predicted molar refractivity (Wildman–Crippen MR) is 65.2 cm³/mol. The van der Waals surface area contributed by atoms with E-state index in [1.807, 2.05) is 0 Å². The molecule has 0 aromatic carbocycles. The van der Waals surface area contributed by atoms with Gasteiger partial charge in [0.2, 0.25) is 0 Å². The van der Waals surface area contributed by atoms with Crippen LogP contribution in [-0.4, -0.2) is 31.0 Å². The minimum Gasteiger partial charge on any atom is -0.478 e. The third-order valence-corrected chi connectivity index (χ3v) is 3.64. The summed E-state index contributed by atoms with van der Waals surface area (Å²) in [5.41, 5.74) is 0.388. The van der Waals surface area contributed by atoms with Gasteiger partial charge in [0.05, 0.1) is 11.4 Å². The Morgan fingerprint density at radius 1 is 1.47 bits per heavy atom. The zero-order valence-corrected chi connectivity index (χ0v) is 10.6. The molecule has 6 heteroatoms. The Morgan fingerprint density at radius 3 is 2.88 bits per heavy atom. The van der Waals surface area contributed by atoms with E-state index in [0.29, 0.717) is 11.4 Å². The molecule has 1 N–H and O–H groups in total. The maximum Gasteiger partial charge on any atom is 0.339 e. The molecule has 0 radical (unpaired) electrons. The van der Waals surface area contributed by atoms with Gasteiger partial charge in [0.25, 0.3) is 0 Å². The molecule has 0 aliphatic heterocycles. The molecule has 1 unspecified atom stereocenters. The second-order valence-electron chi connectivity index (χ2n) is 3.68. The molecule has 0 saturated heterocycles. The summed E-state index contributed by atoms with van der Waals surface area (Å²) in [6.07, 6.45) is 5.54. The van der Waals surface area contributed by atoms with Gasteiger partial charge < -0.3 is 5.11 Å². The van der Waals surface area contributed by atoms with Crippen LogP contribution in [0.2, 0.25) is 0 Å². The highest BCUT2D eigenvalue weighted by atomic mass is 32.2. The molecule has 0 aliphatic rings. The number of hydrogen-bond donors (Lipinski definition) is 1. The number of carboxylic acids is 1. The highest BCUT2D eigenvalue weighted by Crippen LogP contribution is 2.08. The Kier molecular flexibility index (Phi) is 5.76. The molecule has 1 atom stereocenters. The summed E-state index contributed by atoms with van der Waals surface area (Å²) >= 11 is 0. The van der Waals surface area contributed by atoms with Crippen LogP contribution in [0.5, 0.6) is 0 Å². The lowest BCUT2D eigenvalue weighted by Gasteiger charge is -2.04. The lowest BCUT2D eigenvalue weighted by atomic mass is 10.2. The number of carboxylic acid groups (broad SMARTS) is 1. The summed E-state index contributed by atoms with van der Waals surface area (Å²) in [5, 5.41) is 8.91. The molecule has 1 aromatic rings. The summed E-state index contributed by atoms with van der Waals surface area (Å²) in [6, 6.07) is 0. The summed E-state index contributed by atoms with van der Waals surface area (Å²) in [4.78, 5) is 18.4. The SMILES string of the molecule is CCCCCS(=O)Cc1ncncc1C(=O)O. The first-order valence-electron chi connectivity index (χ1n) is 5.52. The Labute approximate surface area is 103 Å². The van der Waals surface area contributed by atoms with Crippen molar-refractivity contribution in [2.45, 2.75) is 31.9 Å². The molecular formula is C11H16N2O3S. The van der Waals surface area contributed by atoms with Crippen molar-refractivity contribution in [3.05, 3.63) is 23.8 Å². The number of carbonyl (C=O) groups is 1. The summed E-state index contributed by atoms with van der Waals surface area (Å²) < 4.78 is 11.7. The molecule has 1 heterocycles. The fourth-order valence-electron chi connectivity index (χ4n) is 1.39. The molecular weight excluding hydrogens is 240 g/mol. The summed E-state index contributed by atoms with van der Waals surface area (Å²) in [6.45, 7) is 2.08. The number of aromatic nitrogens is 2. The van der Waals surface area contributed by atoms with Crippen LogP contribution in [0.15, 0.2) is 12.5 Å². The van der Waals surface area contributed by atoms with Gasteiger partial charge in [-0.1, -0.05) is 19.8 Å². The second kappa shape index (κ2) is 7.11. The van der Waals surface area contributed by atoms with Crippen molar-refractivity contribution >= 4 is 16.8 Å². The van der Waals surface area contributed by atoms with Crippen molar-refractivity contribution in [1.82, 2.24) is 9.97 Å². The van der Waals surface area contributed by atoms with Crippen molar-refractivity contribution in [2.24, 2.45) is 0 Å². The maximum absolute atomic E-state index is 11.7. The molecule has 0 saturated carbocycles. The number of unbranched alkanes of at least 4 members (excludes halogenated alkanes) is 2. The average Bonchev–Trinajstić information content (AvgIpc) is 2.29. The van der Waals surface area contributed by atoms with Crippen LogP contribution in [0, 0.1) is 0 Å². The predicted octanol–water partition coefficient (Wildman–Crippen LogP) is 1.61. The van der Waals surface area contributed by atoms with E-state index in [-0.39, 0.29) is 11.3 Å². The largest absolute Gasteiger partial charge is 0.478 e. The fraction of sp³-hybridized carbons (Fsp3) is 0.545. The first kappa shape index (κ1) is 13.8. The van der Waals surface area contributed by atoms with E-state index in [0.717, 1.165) is 19.3 Å². The van der Waals surface area contributed by atoms with E-state index in [2.05, 4.69) is 16.9 Å². The van der Waals surface area contributed by atoms with E-state index in [9.17, 15) is 9.00 Å². The molecule has 1 aromatic heterocycles. The molecule has 94 valence electrons. The zero-order valence-electron chi connectivity index (χ0n) is 9.76.